The number of aliphatic imine (C=N–C) groups is 1. The molecular formula is C15H13ClN2O2S. The molecule has 0 amide bonds. The van der Waals surface area contributed by atoms with Crippen LogP contribution in [0.2, 0.25) is 0 Å². The molecule has 2 aromatic rings. The molecule has 1 N–H and O–H groups in total. The first kappa shape index (κ1) is 14.1. The highest BCUT2D eigenvalue weighted by atomic mass is 35.5. The van der Waals surface area contributed by atoms with Gasteiger partial charge in [-0.05, 0) is 23.3 Å². The first-order valence-electron chi connectivity index (χ1n) is 6.40. The molecule has 3 rings (SSSR count). The fourth-order valence-electron chi connectivity index (χ4n) is 2.23. The highest BCUT2D eigenvalue weighted by Gasteiger charge is 2.29. The summed E-state index contributed by atoms with van der Waals surface area (Å²) in [6.45, 7) is 0.400. The van der Waals surface area contributed by atoms with Gasteiger partial charge in [-0.3, -0.25) is 9.71 Å². The molecule has 0 radical (unpaired) electrons. The Labute approximate surface area is 128 Å². The molecule has 0 saturated carbocycles. The van der Waals surface area contributed by atoms with Gasteiger partial charge in [-0.25, -0.2) is 8.42 Å². The fourth-order valence-corrected chi connectivity index (χ4v) is 3.65. The van der Waals surface area contributed by atoms with E-state index in [0.29, 0.717) is 23.8 Å². The average Bonchev–Trinajstić information content (AvgIpc) is 2.77. The van der Waals surface area contributed by atoms with Crippen molar-refractivity contribution < 1.29 is 8.42 Å². The largest absolute Gasteiger partial charge is 0.263 e. The van der Waals surface area contributed by atoms with E-state index in [1.807, 2.05) is 24.3 Å². The maximum Gasteiger partial charge on any atom is 0.263 e. The van der Waals surface area contributed by atoms with Crippen molar-refractivity contribution >= 4 is 27.5 Å². The summed E-state index contributed by atoms with van der Waals surface area (Å²) in [7, 11) is -3.47. The monoisotopic (exact) mass is 320 g/mol. The van der Waals surface area contributed by atoms with Crippen molar-refractivity contribution in [3.63, 3.8) is 0 Å². The number of hydrogen-bond donors (Lipinski definition) is 1. The molecule has 4 nitrogen and oxygen atoms in total. The molecule has 0 fully saturated rings. The fraction of sp³-hybridized carbons (Fsp3) is 0.133. The Morgan fingerprint density at radius 1 is 1.05 bits per heavy atom. The van der Waals surface area contributed by atoms with Gasteiger partial charge < -0.3 is 0 Å². The van der Waals surface area contributed by atoms with E-state index >= 15 is 0 Å². The number of alkyl halides is 1. The third-order valence-corrected chi connectivity index (χ3v) is 4.93. The Kier molecular flexibility index (Phi) is 3.69. The van der Waals surface area contributed by atoms with Gasteiger partial charge in [0.15, 0.2) is 0 Å². The number of fused-ring (bicyclic) bond motifs is 1. The quantitative estimate of drug-likeness (QED) is 0.884. The number of rotatable bonds is 3. The second kappa shape index (κ2) is 5.50. The number of hydrogen-bond acceptors (Lipinski definition) is 3. The van der Waals surface area contributed by atoms with Gasteiger partial charge in [-0.1, -0.05) is 36.4 Å². The van der Waals surface area contributed by atoms with E-state index in [9.17, 15) is 8.42 Å². The van der Waals surface area contributed by atoms with E-state index in [-0.39, 0.29) is 4.90 Å². The van der Waals surface area contributed by atoms with Crippen LogP contribution in [-0.2, 0) is 22.4 Å². The highest BCUT2D eigenvalue weighted by molar-refractivity contribution is 7.90. The van der Waals surface area contributed by atoms with Crippen LogP contribution in [-0.4, -0.2) is 14.3 Å². The number of halogens is 1. The summed E-state index contributed by atoms with van der Waals surface area (Å²) >= 11 is 5.80. The van der Waals surface area contributed by atoms with Gasteiger partial charge in [-0.15, -0.1) is 11.6 Å². The molecule has 1 aliphatic rings. The van der Waals surface area contributed by atoms with Crippen molar-refractivity contribution in [3.8, 4) is 0 Å². The Balaban J connectivity index is 1.91. The summed E-state index contributed by atoms with van der Waals surface area (Å²) in [6, 6.07) is 14.6. The zero-order valence-electron chi connectivity index (χ0n) is 11.1. The number of nitrogens with one attached hydrogen (secondary N) is 1. The molecule has 0 spiro atoms. The van der Waals surface area contributed by atoms with Crippen molar-refractivity contribution in [1.29, 1.82) is 0 Å². The molecule has 6 heteroatoms. The smallest absolute Gasteiger partial charge is 0.263 e. The summed E-state index contributed by atoms with van der Waals surface area (Å²) < 4.78 is 26.4. The first-order valence-corrected chi connectivity index (χ1v) is 8.42. The van der Waals surface area contributed by atoms with E-state index < -0.39 is 10.0 Å². The molecule has 1 aliphatic heterocycles. The van der Waals surface area contributed by atoms with Gasteiger partial charge in [0.25, 0.3) is 10.0 Å². The summed E-state index contributed by atoms with van der Waals surface area (Å²) in [6.07, 6.45) is 0. The topological polar surface area (TPSA) is 58.5 Å². The van der Waals surface area contributed by atoms with Crippen molar-refractivity contribution in [2.45, 2.75) is 17.3 Å². The third kappa shape index (κ3) is 2.80. The number of sulfonamides is 1. The predicted molar refractivity (Wildman–Crippen MR) is 83.0 cm³/mol. The normalized spacial score (nSPS) is 17.5. The number of nitrogens with zero attached hydrogens (tertiary/aromatic N) is 1. The summed E-state index contributed by atoms with van der Waals surface area (Å²) in [5, 5.41) is 0. The first-order chi connectivity index (χ1) is 10.1. The Hall–Kier alpha value is -1.85. The van der Waals surface area contributed by atoms with E-state index in [0.717, 1.165) is 11.1 Å². The van der Waals surface area contributed by atoms with E-state index in [2.05, 4.69) is 9.71 Å². The lowest BCUT2D eigenvalue weighted by Crippen LogP contribution is -2.22. The minimum atomic E-state index is -3.47. The zero-order valence-corrected chi connectivity index (χ0v) is 12.7. The van der Waals surface area contributed by atoms with Gasteiger partial charge >= 0.3 is 0 Å². The van der Waals surface area contributed by atoms with E-state index in [1.165, 1.54) is 0 Å². The molecule has 0 aliphatic carbocycles. The Morgan fingerprint density at radius 3 is 2.62 bits per heavy atom. The van der Waals surface area contributed by atoms with Crippen LogP contribution in [0.25, 0.3) is 0 Å². The molecule has 0 atom stereocenters. The van der Waals surface area contributed by atoms with Crippen LogP contribution in [0.1, 0.15) is 16.7 Å². The predicted octanol–water partition coefficient (Wildman–Crippen LogP) is 2.66. The molecule has 0 aromatic heterocycles. The summed E-state index contributed by atoms with van der Waals surface area (Å²) in [4.78, 5) is 4.67. The molecule has 0 saturated heterocycles. The lowest BCUT2D eigenvalue weighted by atomic mass is 10.1. The number of amidine groups is 1. The van der Waals surface area contributed by atoms with Gasteiger partial charge in [0.05, 0.1) is 11.4 Å². The SMILES string of the molecule is O=S1(=O)NC(=NCc2cccc(CCl)c2)c2ccccc21. The lowest BCUT2D eigenvalue weighted by molar-refractivity contribution is 0.595. The van der Waals surface area contributed by atoms with Gasteiger partial charge in [0, 0.05) is 11.4 Å². The van der Waals surface area contributed by atoms with Gasteiger partial charge in [-0.2, -0.15) is 0 Å². The number of benzene rings is 2. The van der Waals surface area contributed by atoms with Crippen molar-refractivity contribution in [3.05, 3.63) is 65.2 Å². The second-order valence-electron chi connectivity index (χ2n) is 4.72. The molecule has 108 valence electrons. The second-order valence-corrected chi connectivity index (χ2v) is 6.64. The van der Waals surface area contributed by atoms with Crippen LogP contribution in [0.4, 0.5) is 0 Å². The van der Waals surface area contributed by atoms with Crippen LogP contribution in [0, 0.1) is 0 Å². The van der Waals surface area contributed by atoms with E-state index in [4.69, 9.17) is 11.6 Å². The summed E-state index contributed by atoms with van der Waals surface area (Å²) in [5.74, 6) is 0.835. The maximum atomic E-state index is 12.0. The van der Waals surface area contributed by atoms with E-state index in [1.54, 1.807) is 24.3 Å². The van der Waals surface area contributed by atoms with Crippen LogP contribution in [0.15, 0.2) is 58.4 Å². The lowest BCUT2D eigenvalue weighted by Gasteiger charge is -2.02. The van der Waals surface area contributed by atoms with Crippen molar-refractivity contribution in [2.24, 2.45) is 4.99 Å². The maximum absolute atomic E-state index is 12.0. The Bertz CT molecular complexity index is 816. The Morgan fingerprint density at radius 2 is 1.81 bits per heavy atom. The van der Waals surface area contributed by atoms with Gasteiger partial charge in [0.1, 0.15) is 5.84 Å². The third-order valence-electron chi connectivity index (χ3n) is 3.23. The average molecular weight is 321 g/mol. The highest BCUT2D eigenvalue weighted by Crippen LogP contribution is 2.22. The van der Waals surface area contributed by atoms with Crippen LogP contribution >= 0.6 is 11.6 Å². The summed E-state index contributed by atoms with van der Waals surface area (Å²) in [5.41, 5.74) is 2.62. The zero-order chi connectivity index (χ0) is 14.9. The standard InChI is InChI=1S/C15H13ClN2O2S/c16-9-11-4-3-5-12(8-11)10-17-15-13-6-1-2-7-14(13)21(19,20)18-15/h1-8H,9-10H2,(H,17,18). The molecule has 21 heavy (non-hydrogen) atoms. The molecule has 1 heterocycles. The van der Waals surface area contributed by atoms with Crippen LogP contribution in [0.5, 0.6) is 0 Å². The van der Waals surface area contributed by atoms with Crippen LogP contribution in [0.3, 0.4) is 0 Å². The minimum Gasteiger partial charge on any atom is -0.263 e. The molecular weight excluding hydrogens is 308 g/mol. The molecule has 0 unspecified atom stereocenters. The van der Waals surface area contributed by atoms with Crippen molar-refractivity contribution in [2.75, 3.05) is 0 Å². The van der Waals surface area contributed by atoms with Gasteiger partial charge in [0.2, 0.25) is 0 Å². The van der Waals surface area contributed by atoms with Crippen LogP contribution < -0.4 is 4.72 Å². The van der Waals surface area contributed by atoms with Crippen molar-refractivity contribution in [1.82, 2.24) is 4.72 Å². The molecule has 0 bridgehead atoms. The molecule has 2 aromatic carbocycles. The minimum absolute atomic E-state index is 0.276.